The number of amides is 1. The van der Waals surface area contributed by atoms with Crippen LogP contribution in [0.5, 0.6) is 0 Å². The zero-order valence-electron chi connectivity index (χ0n) is 13.3. The number of carbonyl (C=O) groups is 1. The predicted molar refractivity (Wildman–Crippen MR) is 88.6 cm³/mol. The lowest BCUT2D eigenvalue weighted by Crippen LogP contribution is -2.51. The summed E-state index contributed by atoms with van der Waals surface area (Å²) in [5.41, 5.74) is 5.44. The third-order valence-electron chi connectivity index (χ3n) is 4.74. The van der Waals surface area contributed by atoms with E-state index in [2.05, 4.69) is 13.8 Å². The van der Waals surface area contributed by atoms with E-state index in [4.69, 9.17) is 18.0 Å². The van der Waals surface area contributed by atoms with Gasteiger partial charge in [0.2, 0.25) is 5.91 Å². The van der Waals surface area contributed by atoms with Crippen molar-refractivity contribution in [1.29, 1.82) is 0 Å². The fourth-order valence-electron chi connectivity index (χ4n) is 3.06. The molecule has 1 saturated carbocycles. The van der Waals surface area contributed by atoms with Crippen LogP contribution in [0.25, 0.3) is 0 Å². The maximum absolute atomic E-state index is 13.1. The quantitative estimate of drug-likeness (QED) is 0.603. The molecular weight excluding hydrogens is 268 g/mol. The molecule has 0 heterocycles. The van der Waals surface area contributed by atoms with E-state index in [0.29, 0.717) is 10.9 Å². The lowest BCUT2D eigenvalue weighted by atomic mass is 9.78. The molecule has 0 aromatic heterocycles. The summed E-state index contributed by atoms with van der Waals surface area (Å²) in [5, 5.41) is 0. The number of hydrogen-bond donors (Lipinski definition) is 1. The molecule has 0 radical (unpaired) electrons. The van der Waals surface area contributed by atoms with Gasteiger partial charge in [0.25, 0.3) is 0 Å². The molecule has 4 heteroatoms. The summed E-state index contributed by atoms with van der Waals surface area (Å²) in [7, 11) is 0. The Balaban J connectivity index is 2.93. The van der Waals surface area contributed by atoms with Crippen molar-refractivity contribution >= 4 is 23.1 Å². The Morgan fingerprint density at radius 1 is 1.25 bits per heavy atom. The molecule has 1 fully saturated rings. The minimum absolute atomic E-state index is 0.176. The molecule has 2 N–H and O–H groups in total. The first-order valence-electron chi connectivity index (χ1n) is 8.07. The third kappa shape index (κ3) is 3.94. The Morgan fingerprint density at radius 2 is 1.80 bits per heavy atom. The summed E-state index contributed by atoms with van der Waals surface area (Å²) < 4.78 is 0. The first-order valence-corrected chi connectivity index (χ1v) is 8.48. The Hall–Kier alpha value is -0.640. The summed E-state index contributed by atoms with van der Waals surface area (Å²) in [6, 6.07) is 0. The van der Waals surface area contributed by atoms with Crippen molar-refractivity contribution in [2.75, 3.05) is 13.1 Å². The summed E-state index contributed by atoms with van der Waals surface area (Å²) in [4.78, 5) is 15.4. The molecule has 0 spiro atoms. The lowest BCUT2D eigenvalue weighted by Gasteiger charge is -2.36. The van der Waals surface area contributed by atoms with Gasteiger partial charge in [0.1, 0.15) is 0 Å². The molecule has 1 aliphatic rings. The van der Waals surface area contributed by atoms with Crippen LogP contribution in [0.2, 0.25) is 0 Å². The Morgan fingerprint density at radius 3 is 2.20 bits per heavy atom. The van der Waals surface area contributed by atoms with Gasteiger partial charge < -0.3 is 10.6 Å². The third-order valence-corrected chi connectivity index (χ3v) is 5.13. The summed E-state index contributed by atoms with van der Waals surface area (Å²) in [6.07, 6.45) is 7.25. The average molecular weight is 298 g/mol. The van der Waals surface area contributed by atoms with Crippen LogP contribution >= 0.6 is 12.2 Å². The molecule has 0 aromatic rings. The first kappa shape index (κ1) is 17.4. The molecule has 0 aromatic carbocycles. The minimum Gasteiger partial charge on any atom is -0.392 e. The fraction of sp³-hybridized carbons (Fsp3) is 0.875. The SMILES string of the molecule is CCC(C)CN(CC)C(=O)C1(C(N)=S)CCCCCC1. The largest absolute Gasteiger partial charge is 0.392 e. The van der Waals surface area contributed by atoms with Crippen molar-refractivity contribution in [3.05, 3.63) is 0 Å². The first-order chi connectivity index (χ1) is 9.47. The normalized spacial score (nSPS) is 19.9. The van der Waals surface area contributed by atoms with E-state index in [1.807, 2.05) is 11.8 Å². The maximum atomic E-state index is 13.1. The molecule has 1 rings (SSSR count). The molecule has 0 aliphatic heterocycles. The van der Waals surface area contributed by atoms with Gasteiger partial charge in [-0.05, 0) is 25.7 Å². The van der Waals surface area contributed by atoms with Crippen LogP contribution in [0.4, 0.5) is 0 Å². The highest BCUT2D eigenvalue weighted by Gasteiger charge is 2.43. The van der Waals surface area contributed by atoms with Crippen LogP contribution in [0.1, 0.15) is 65.7 Å². The molecule has 3 nitrogen and oxygen atoms in total. The fourth-order valence-corrected chi connectivity index (χ4v) is 3.35. The maximum Gasteiger partial charge on any atom is 0.235 e. The van der Waals surface area contributed by atoms with Crippen LogP contribution in [0, 0.1) is 11.3 Å². The van der Waals surface area contributed by atoms with E-state index in [1.165, 1.54) is 12.8 Å². The summed E-state index contributed by atoms with van der Waals surface area (Å²) in [6.45, 7) is 7.96. The Labute approximate surface area is 129 Å². The predicted octanol–water partition coefficient (Wildman–Crippen LogP) is 3.51. The zero-order chi connectivity index (χ0) is 15.2. The molecular formula is C16H30N2OS. The van der Waals surface area contributed by atoms with Crippen molar-refractivity contribution < 1.29 is 4.79 Å². The Kier molecular flexibility index (Phi) is 6.93. The van der Waals surface area contributed by atoms with Crippen LogP contribution in [-0.2, 0) is 4.79 Å². The van der Waals surface area contributed by atoms with Crippen LogP contribution in [-0.4, -0.2) is 28.9 Å². The van der Waals surface area contributed by atoms with Gasteiger partial charge in [0, 0.05) is 13.1 Å². The number of nitrogens with two attached hydrogens (primary N) is 1. The highest BCUT2D eigenvalue weighted by Crippen LogP contribution is 2.37. The summed E-state index contributed by atoms with van der Waals surface area (Å²) >= 11 is 5.30. The average Bonchev–Trinajstić information content (AvgIpc) is 2.70. The van der Waals surface area contributed by atoms with E-state index in [9.17, 15) is 4.79 Å². The van der Waals surface area contributed by atoms with Gasteiger partial charge in [-0.25, -0.2) is 0 Å². The molecule has 1 unspecified atom stereocenters. The highest BCUT2D eigenvalue weighted by atomic mass is 32.1. The second-order valence-corrected chi connectivity index (χ2v) is 6.66. The van der Waals surface area contributed by atoms with Crippen LogP contribution in [0.15, 0.2) is 0 Å². The van der Waals surface area contributed by atoms with Gasteiger partial charge in [0.05, 0.1) is 10.4 Å². The van der Waals surface area contributed by atoms with E-state index in [-0.39, 0.29) is 5.91 Å². The van der Waals surface area contributed by atoms with E-state index < -0.39 is 5.41 Å². The van der Waals surface area contributed by atoms with Crippen molar-refractivity contribution in [2.24, 2.45) is 17.1 Å². The Bertz CT molecular complexity index is 335. The second-order valence-electron chi connectivity index (χ2n) is 6.22. The standard InChI is InChI=1S/C16H30N2OS/c1-4-13(3)12-18(5-2)15(19)16(14(17)20)10-8-6-7-9-11-16/h13H,4-12H2,1-3H3,(H2,17,20). The number of nitrogens with zero attached hydrogens (tertiary/aromatic N) is 1. The molecule has 1 aliphatic carbocycles. The van der Waals surface area contributed by atoms with Crippen molar-refractivity contribution in [1.82, 2.24) is 4.90 Å². The van der Waals surface area contributed by atoms with E-state index in [0.717, 1.165) is 45.2 Å². The van der Waals surface area contributed by atoms with Gasteiger partial charge in [-0.2, -0.15) is 0 Å². The van der Waals surface area contributed by atoms with Gasteiger partial charge in [-0.1, -0.05) is 58.2 Å². The minimum atomic E-state index is -0.574. The van der Waals surface area contributed by atoms with Crippen molar-refractivity contribution in [2.45, 2.75) is 65.7 Å². The number of thiocarbonyl (C=S) groups is 1. The lowest BCUT2D eigenvalue weighted by molar-refractivity contribution is -0.139. The topological polar surface area (TPSA) is 46.3 Å². The van der Waals surface area contributed by atoms with Gasteiger partial charge in [-0.15, -0.1) is 0 Å². The van der Waals surface area contributed by atoms with Gasteiger partial charge in [0.15, 0.2) is 0 Å². The highest BCUT2D eigenvalue weighted by molar-refractivity contribution is 7.80. The van der Waals surface area contributed by atoms with Gasteiger partial charge >= 0.3 is 0 Å². The van der Waals surface area contributed by atoms with E-state index in [1.54, 1.807) is 0 Å². The molecule has 0 bridgehead atoms. The summed E-state index contributed by atoms with van der Waals surface area (Å²) in [5.74, 6) is 0.697. The molecule has 1 amide bonds. The van der Waals surface area contributed by atoms with Crippen molar-refractivity contribution in [3.8, 4) is 0 Å². The smallest absolute Gasteiger partial charge is 0.235 e. The second kappa shape index (κ2) is 7.96. The van der Waals surface area contributed by atoms with Crippen LogP contribution in [0.3, 0.4) is 0 Å². The zero-order valence-corrected chi connectivity index (χ0v) is 14.1. The molecule has 0 saturated heterocycles. The number of hydrogen-bond acceptors (Lipinski definition) is 2. The van der Waals surface area contributed by atoms with Gasteiger partial charge in [-0.3, -0.25) is 4.79 Å². The molecule has 116 valence electrons. The number of rotatable bonds is 6. The molecule has 20 heavy (non-hydrogen) atoms. The van der Waals surface area contributed by atoms with Crippen LogP contribution < -0.4 is 5.73 Å². The van der Waals surface area contributed by atoms with E-state index >= 15 is 0 Å². The molecule has 1 atom stereocenters. The number of carbonyl (C=O) groups excluding carboxylic acids is 1. The van der Waals surface area contributed by atoms with Crippen molar-refractivity contribution in [3.63, 3.8) is 0 Å². The monoisotopic (exact) mass is 298 g/mol.